The number of amides is 1. The summed E-state index contributed by atoms with van der Waals surface area (Å²) in [5, 5.41) is 13.1. The molecular weight excluding hydrogens is 534 g/mol. The van der Waals surface area contributed by atoms with Crippen molar-refractivity contribution in [3.63, 3.8) is 0 Å². The number of aromatic nitrogens is 4. The lowest BCUT2D eigenvalue weighted by Gasteiger charge is -2.34. The zero-order valence-corrected chi connectivity index (χ0v) is 21.6. The number of rotatable bonds is 7. The van der Waals surface area contributed by atoms with Crippen LogP contribution in [-0.4, -0.2) is 61.6 Å². The van der Waals surface area contributed by atoms with Crippen LogP contribution in [0.15, 0.2) is 42.9 Å². The number of nitrogens with zero attached hydrogens (tertiary/aromatic N) is 6. The van der Waals surface area contributed by atoms with Gasteiger partial charge in [-0.25, -0.2) is 20.0 Å². The van der Waals surface area contributed by atoms with E-state index >= 15 is 0 Å². The topological polar surface area (TPSA) is 87.7 Å². The van der Waals surface area contributed by atoms with Crippen LogP contribution in [0.5, 0.6) is 0 Å². The van der Waals surface area contributed by atoms with Gasteiger partial charge in [-0.3, -0.25) is 4.79 Å². The molecule has 3 aromatic rings. The molecule has 1 aromatic carbocycles. The lowest BCUT2D eigenvalue weighted by Crippen LogP contribution is -2.38. The maximum Gasteiger partial charge on any atom is 0.416 e. The molecule has 3 rings (SSSR count). The van der Waals surface area contributed by atoms with Crippen LogP contribution in [0.25, 0.3) is 5.82 Å². The smallest absolute Gasteiger partial charge is 0.328 e. The van der Waals surface area contributed by atoms with E-state index in [0.29, 0.717) is 23.4 Å². The summed E-state index contributed by atoms with van der Waals surface area (Å²) in [5.41, 5.74) is -3.60. The molecule has 1 amide bonds. The molecule has 204 valence electrons. The van der Waals surface area contributed by atoms with Crippen molar-refractivity contribution in [1.82, 2.24) is 24.6 Å². The van der Waals surface area contributed by atoms with Crippen molar-refractivity contribution in [1.29, 1.82) is 5.26 Å². The molecule has 1 unspecified atom stereocenters. The van der Waals surface area contributed by atoms with Crippen LogP contribution in [-0.2, 0) is 12.4 Å². The summed E-state index contributed by atoms with van der Waals surface area (Å²) < 4.78 is 82.0. The van der Waals surface area contributed by atoms with E-state index < -0.39 is 51.0 Å². The van der Waals surface area contributed by atoms with Gasteiger partial charge in [0, 0.05) is 18.3 Å². The van der Waals surface area contributed by atoms with Gasteiger partial charge >= 0.3 is 12.4 Å². The number of benzene rings is 1. The molecule has 0 N–H and O–H groups in total. The number of halogens is 6. The Bertz CT molecular complexity index is 1310. The minimum absolute atomic E-state index is 0.0168. The summed E-state index contributed by atoms with van der Waals surface area (Å²) in [6.45, 7) is 1.60. The van der Waals surface area contributed by atoms with Crippen molar-refractivity contribution < 1.29 is 31.1 Å². The molecule has 0 fully saturated rings. The quantitative estimate of drug-likeness (QED) is 0.359. The third-order valence-corrected chi connectivity index (χ3v) is 6.96. The van der Waals surface area contributed by atoms with Crippen molar-refractivity contribution in [3.05, 3.63) is 70.9 Å². The van der Waals surface area contributed by atoms with E-state index in [1.54, 1.807) is 6.92 Å². The number of hydrogen-bond acceptors (Lipinski definition) is 5. The Balaban J connectivity index is 2.09. The molecule has 0 aliphatic carbocycles. The maximum atomic E-state index is 13.6. The van der Waals surface area contributed by atoms with Gasteiger partial charge in [0.05, 0.1) is 22.7 Å². The molecule has 0 saturated heterocycles. The van der Waals surface area contributed by atoms with Gasteiger partial charge in [-0.2, -0.15) is 41.4 Å². The second-order valence-corrected chi connectivity index (χ2v) is 13.9. The fourth-order valence-electron chi connectivity index (χ4n) is 3.52. The zero-order valence-electron chi connectivity index (χ0n) is 20.8. The van der Waals surface area contributed by atoms with Crippen molar-refractivity contribution in [2.75, 3.05) is 31.1 Å². The Morgan fingerprint density at radius 3 is 2.13 bits per heavy atom. The van der Waals surface area contributed by atoms with Crippen LogP contribution in [0.1, 0.15) is 45.8 Å². The normalized spacial score (nSPS) is 13.6. The Morgan fingerprint density at radius 2 is 1.66 bits per heavy atom. The van der Waals surface area contributed by atoms with Crippen molar-refractivity contribution in [2.45, 2.75) is 25.3 Å². The Kier molecular flexibility index (Phi) is 8.11. The Morgan fingerprint density at radius 1 is 1.05 bits per heavy atom. The highest BCUT2D eigenvalue weighted by atomic mass is 32.3. The van der Waals surface area contributed by atoms with Gasteiger partial charge in [0.2, 0.25) is 0 Å². The minimum Gasteiger partial charge on any atom is -0.328 e. The third kappa shape index (κ3) is 6.83. The number of nitriles is 1. The first-order valence-electron chi connectivity index (χ1n) is 11.0. The number of pyridine rings is 1. The maximum absolute atomic E-state index is 13.6. The van der Waals surface area contributed by atoms with Crippen LogP contribution < -0.4 is 0 Å². The predicted octanol–water partition coefficient (Wildman–Crippen LogP) is 5.47. The number of alkyl halides is 6. The fourth-order valence-corrected chi connectivity index (χ4v) is 4.26. The zero-order chi connectivity index (χ0) is 28.5. The molecule has 2 aromatic heterocycles. The molecule has 0 bridgehead atoms. The molecule has 0 spiro atoms. The second-order valence-electron chi connectivity index (χ2n) is 9.31. The summed E-state index contributed by atoms with van der Waals surface area (Å²) in [5.74, 6) is -0.101. The summed E-state index contributed by atoms with van der Waals surface area (Å²) in [6.07, 6.45) is -1.79. The van der Waals surface area contributed by atoms with E-state index in [4.69, 9.17) is 5.26 Å². The van der Waals surface area contributed by atoms with E-state index in [-0.39, 0.29) is 24.3 Å². The van der Waals surface area contributed by atoms with Gasteiger partial charge in [-0.15, -0.1) is 0 Å². The molecule has 0 aliphatic rings. The highest BCUT2D eigenvalue weighted by molar-refractivity contribution is 8.32. The average molecular weight is 559 g/mol. The number of carbonyl (C=O) groups is 1. The van der Waals surface area contributed by atoms with E-state index in [1.165, 1.54) is 34.2 Å². The van der Waals surface area contributed by atoms with Gasteiger partial charge in [-0.05, 0) is 61.8 Å². The van der Waals surface area contributed by atoms with Crippen LogP contribution in [0.3, 0.4) is 0 Å². The highest BCUT2D eigenvalue weighted by Crippen LogP contribution is 2.38. The SMILES string of the molecule is CC(c1ncnn1-c1ccc(C#N)cn1)N(CCS(C)(C)C)C(=O)c1cc(C(F)(F)F)cc(C(F)(F)F)c1. The average Bonchev–Trinajstić information content (AvgIpc) is 3.32. The molecule has 0 saturated carbocycles. The van der Waals surface area contributed by atoms with Gasteiger partial charge in [0.15, 0.2) is 11.6 Å². The van der Waals surface area contributed by atoms with Crippen LogP contribution >= 0.6 is 10.0 Å². The van der Waals surface area contributed by atoms with Crippen LogP contribution in [0.2, 0.25) is 0 Å². The van der Waals surface area contributed by atoms with Gasteiger partial charge < -0.3 is 4.90 Å². The van der Waals surface area contributed by atoms with Gasteiger partial charge in [0.1, 0.15) is 12.4 Å². The van der Waals surface area contributed by atoms with Gasteiger partial charge in [-0.1, -0.05) is 0 Å². The second kappa shape index (κ2) is 10.6. The van der Waals surface area contributed by atoms with Crippen molar-refractivity contribution >= 4 is 15.9 Å². The van der Waals surface area contributed by atoms with Crippen molar-refractivity contribution in [2.24, 2.45) is 0 Å². The van der Waals surface area contributed by atoms with E-state index in [1.807, 2.05) is 24.8 Å². The summed E-state index contributed by atoms with van der Waals surface area (Å²) in [6, 6.07) is 4.84. The fraction of sp³-hybridized carbons (Fsp3) is 0.375. The van der Waals surface area contributed by atoms with Gasteiger partial charge in [0.25, 0.3) is 5.91 Å². The Labute approximate surface area is 216 Å². The van der Waals surface area contributed by atoms with Crippen LogP contribution in [0, 0.1) is 11.3 Å². The summed E-state index contributed by atoms with van der Waals surface area (Å²) >= 11 is 0. The number of carbonyl (C=O) groups excluding carboxylic acids is 1. The third-order valence-electron chi connectivity index (χ3n) is 5.55. The van der Waals surface area contributed by atoms with E-state index in [9.17, 15) is 31.1 Å². The van der Waals surface area contributed by atoms with E-state index in [0.717, 1.165) is 0 Å². The molecule has 0 aliphatic heterocycles. The summed E-state index contributed by atoms with van der Waals surface area (Å²) in [7, 11) is -1.21. The Hall–Kier alpha value is -3.60. The van der Waals surface area contributed by atoms with Crippen LogP contribution in [0.4, 0.5) is 26.3 Å². The summed E-state index contributed by atoms with van der Waals surface area (Å²) in [4.78, 5) is 23.1. The standard InChI is InChI=1S/C24H24F6N6OS/c1-15(21-33-14-34-36(21)20-6-5-16(12-31)13-32-20)35(7-8-38(2,3)4)22(37)17-9-18(23(25,26)27)11-19(10-17)24(28,29)30/h5-6,9-11,13-15H,7-8H2,1-4H3. The lowest BCUT2D eigenvalue weighted by atomic mass is 10.0. The van der Waals surface area contributed by atoms with Crippen molar-refractivity contribution in [3.8, 4) is 11.9 Å². The lowest BCUT2D eigenvalue weighted by molar-refractivity contribution is -0.143. The molecular formula is C24H24F6N6OS. The molecule has 2 heterocycles. The first-order valence-corrected chi connectivity index (χ1v) is 14.1. The number of hydrogen-bond donors (Lipinski definition) is 0. The first kappa shape index (κ1) is 29.0. The largest absolute Gasteiger partial charge is 0.416 e. The molecule has 38 heavy (non-hydrogen) atoms. The molecule has 7 nitrogen and oxygen atoms in total. The predicted molar refractivity (Wildman–Crippen MR) is 130 cm³/mol. The molecule has 14 heteroatoms. The minimum atomic E-state index is -5.09. The first-order chi connectivity index (χ1) is 17.5. The monoisotopic (exact) mass is 558 g/mol. The molecule has 0 radical (unpaired) electrons. The van der Waals surface area contributed by atoms with E-state index in [2.05, 4.69) is 15.1 Å². The molecule has 1 atom stereocenters. The highest BCUT2D eigenvalue weighted by Gasteiger charge is 2.38.